The van der Waals surface area contributed by atoms with E-state index in [1.807, 2.05) is 6.07 Å². The van der Waals surface area contributed by atoms with Crippen molar-refractivity contribution in [3.05, 3.63) is 29.8 Å². The molecule has 2 rings (SSSR count). The number of likely N-dealkylation sites (tertiary alicyclic amines) is 1. The predicted molar refractivity (Wildman–Crippen MR) is 78.1 cm³/mol. The molecule has 0 saturated carbocycles. The fraction of sp³-hybridized carbons (Fsp3) is 0.467. The van der Waals surface area contributed by atoms with Gasteiger partial charge in [0.05, 0.1) is 11.6 Å². The summed E-state index contributed by atoms with van der Waals surface area (Å²) in [6.45, 7) is 2.45. The van der Waals surface area contributed by atoms with Gasteiger partial charge in [0.15, 0.2) is 0 Å². The Balaban J connectivity index is 1.79. The molecule has 1 atom stereocenters. The number of carbonyl (C=O) groups excluding carboxylic acids is 1. The van der Waals surface area contributed by atoms with Crippen LogP contribution in [-0.2, 0) is 4.79 Å². The zero-order valence-electron chi connectivity index (χ0n) is 11.5. The van der Waals surface area contributed by atoms with Crippen LogP contribution in [0.2, 0.25) is 0 Å². The van der Waals surface area contributed by atoms with Gasteiger partial charge in [-0.3, -0.25) is 9.69 Å². The van der Waals surface area contributed by atoms with Crippen molar-refractivity contribution in [2.45, 2.75) is 25.3 Å². The summed E-state index contributed by atoms with van der Waals surface area (Å²) in [4.78, 5) is 14.2. The lowest BCUT2D eigenvalue weighted by Gasteiger charge is -2.22. The maximum atomic E-state index is 11.9. The minimum absolute atomic E-state index is 0.00243. The van der Waals surface area contributed by atoms with E-state index >= 15 is 0 Å². The first-order valence-electron chi connectivity index (χ1n) is 6.97. The minimum Gasteiger partial charge on any atom is -0.329 e. The number of hydrogen-bond acceptors (Lipinski definition) is 4. The van der Waals surface area contributed by atoms with Crippen molar-refractivity contribution in [3.8, 4) is 6.07 Å². The van der Waals surface area contributed by atoms with Gasteiger partial charge in [-0.15, -0.1) is 0 Å². The van der Waals surface area contributed by atoms with Gasteiger partial charge in [-0.25, -0.2) is 0 Å². The zero-order chi connectivity index (χ0) is 14.4. The van der Waals surface area contributed by atoms with Crippen LogP contribution in [-0.4, -0.2) is 36.5 Å². The molecule has 0 bridgehead atoms. The van der Waals surface area contributed by atoms with Gasteiger partial charge in [-0.1, -0.05) is 0 Å². The van der Waals surface area contributed by atoms with E-state index in [1.165, 1.54) is 6.42 Å². The standard InChI is InChI=1S/C15H20N4O/c16-10-12-3-5-13(6-4-12)18-15(20)7-9-19-8-1-2-14(19)11-17/h3-6,14H,1-2,7-9,11,17H2,(H,18,20). The maximum Gasteiger partial charge on any atom is 0.225 e. The van der Waals surface area contributed by atoms with Crippen LogP contribution in [0.25, 0.3) is 0 Å². The van der Waals surface area contributed by atoms with Gasteiger partial charge in [-0.05, 0) is 43.7 Å². The predicted octanol–water partition coefficient (Wildman–Crippen LogP) is 1.31. The number of amides is 1. The minimum atomic E-state index is -0.00243. The first-order chi connectivity index (χ1) is 9.72. The Morgan fingerprint density at radius 2 is 2.20 bits per heavy atom. The summed E-state index contributed by atoms with van der Waals surface area (Å²) in [6.07, 6.45) is 2.77. The third-order valence-electron chi connectivity index (χ3n) is 3.69. The van der Waals surface area contributed by atoms with E-state index in [-0.39, 0.29) is 5.91 Å². The van der Waals surface area contributed by atoms with E-state index in [2.05, 4.69) is 10.2 Å². The fourth-order valence-corrected chi connectivity index (χ4v) is 2.55. The Hall–Kier alpha value is -1.90. The van der Waals surface area contributed by atoms with Crippen molar-refractivity contribution >= 4 is 11.6 Å². The monoisotopic (exact) mass is 272 g/mol. The summed E-state index contributed by atoms with van der Waals surface area (Å²) in [5.41, 5.74) is 7.03. The molecule has 1 aromatic rings. The number of carbonyl (C=O) groups is 1. The average molecular weight is 272 g/mol. The highest BCUT2D eigenvalue weighted by molar-refractivity contribution is 5.90. The topological polar surface area (TPSA) is 82.2 Å². The van der Waals surface area contributed by atoms with Crippen LogP contribution in [0.15, 0.2) is 24.3 Å². The number of anilines is 1. The molecular formula is C15H20N4O. The van der Waals surface area contributed by atoms with E-state index in [4.69, 9.17) is 11.0 Å². The van der Waals surface area contributed by atoms with Gasteiger partial charge in [-0.2, -0.15) is 5.26 Å². The summed E-state index contributed by atoms with van der Waals surface area (Å²) >= 11 is 0. The van der Waals surface area contributed by atoms with Crippen molar-refractivity contribution < 1.29 is 4.79 Å². The second-order valence-corrected chi connectivity index (χ2v) is 5.06. The molecule has 1 aliphatic heterocycles. The molecule has 5 nitrogen and oxygen atoms in total. The number of rotatable bonds is 5. The van der Waals surface area contributed by atoms with Gasteiger partial charge >= 0.3 is 0 Å². The Bertz CT molecular complexity index is 492. The number of hydrogen-bond donors (Lipinski definition) is 2. The molecule has 0 aliphatic carbocycles. The van der Waals surface area contributed by atoms with E-state index in [9.17, 15) is 4.79 Å². The molecule has 1 fully saturated rings. The van der Waals surface area contributed by atoms with Gasteiger partial charge in [0.25, 0.3) is 0 Å². The second kappa shape index (κ2) is 7.04. The van der Waals surface area contributed by atoms with Crippen LogP contribution in [0, 0.1) is 11.3 Å². The molecule has 1 aromatic carbocycles. The Morgan fingerprint density at radius 1 is 1.45 bits per heavy atom. The molecule has 1 saturated heterocycles. The average Bonchev–Trinajstić information content (AvgIpc) is 2.93. The Morgan fingerprint density at radius 3 is 2.85 bits per heavy atom. The first-order valence-corrected chi connectivity index (χ1v) is 6.97. The molecule has 1 aliphatic rings. The van der Waals surface area contributed by atoms with Crippen LogP contribution < -0.4 is 11.1 Å². The van der Waals surface area contributed by atoms with Crippen molar-refractivity contribution in [3.63, 3.8) is 0 Å². The van der Waals surface area contributed by atoms with Crippen molar-refractivity contribution in [2.24, 2.45) is 5.73 Å². The molecule has 0 aromatic heterocycles. The number of nitriles is 1. The maximum absolute atomic E-state index is 11.9. The molecule has 0 spiro atoms. The van der Waals surface area contributed by atoms with Crippen LogP contribution >= 0.6 is 0 Å². The highest BCUT2D eigenvalue weighted by Crippen LogP contribution is 2.16. The molecular weight excluding hydrogens is 252 g/mol. The van der Waals surface area contributed by atoms with Gasteiger partial charge in [0.2, 0.25) is 5.91 Å². The molecule has 3 N–H and O–H groups in total. The smallest absolute Gasteiger partial charge is 0.225 e. The summed E-state index contributed by atoms with van der Waals surface area (Å²) in [7, 11) is 0. The third kappa shape index (κ3) is 3.80. The molecule has 0 radical (unpaired) electrons. The van der Waals surface area contributed by atoms with Crippen molar-refractivity contribution in [2.75, 3.05) is 25.0 Å². The number of benzene rings is 1. The van der Waals surface area contributed by atoms with Crippen LogP contribution in [0.1, 0.15) is 24.8 Å². The lowest BCUT2D eigenvalue weighted by atomic mass is 10.2. The van der Waals surface area contributed by atoms with E-state index in [1.54, 1.807) is 24.3 Å². The van der Waals surface area contributed by atoms with Crippen LogP contribution in [0.5, 0.6) is 0 Å². The lowest BCUT2D eigenvalue weighted by Crippen LogP contribution is -2.37. The quantitative estimate of drug-likeness (QED) is 0.846. The number of nitrogens with one attached hydrogen (secondary N) is 1. The van der Waals surface area contributed by atoms with Crippen LogP contribution in [0.3, 0.4) is 0 Å². The summed E-state index contributed by atoms with van der Waals surface area (Å²) < 4.78 is 0. The second-order valence-electron chi connectivity index (χ2n) is 5.06. The van der Waals surface area contributed by atoms with Gasteiger partial charge in [0, 0.05) is 31.2 Å². The zero-order valence-corrected chi connectivity index (χ0v) is 11.5. The molecule has 1 heterocycles. The van der Waals surface area contributed by atoms with E-state index in [0.29, 0.717) is 24.6 Å². The lowest BCUT2D eigenvalue weighted by molar-refractivity contribution is -0.116. The van der Waals surface area contributed by atoms with Gasteiger partial charge < -0.3 is 11.1 Å². The highest BCUT2D eigenvalue weighted by atomic mass is 16.1. The number of nitrogens with two attached hydrogens (primary N) is 1. The largest absolute Gasteiger partial charge is 0.329 e. The van der Waals surface area contributed by atoms with Crippen molar-refractivity contribution in [1.82, 2.24) is 4.90 Å². The summed E-state index contributed by atoms with van der Waals surface area (Å²) in [6, 6.07) is 9.36. The van der Waals surface area contributed by atoms with E-state index in [0.717, 1.165) is 25.2 Å². The van der Waals surface area contributed by atoms with Crippen LogP contribution in [0.4, 0.5) is 5.69 Å². The van der Waals surface area contributed by atoms with E-state index < -0.39 is 0 Å². The molecule has 106 valence electrons. The Labute approximate surface area is 119 Å². The highest BCUT2D eigenvalue weighted by Gasteiger charge is 2.23. The third-order valence-corrected chi connectivity index (χ3v) is 3.69. The van der Waals surface area contributed by atoms with Crippen molar-refractivity contribution in [1.29, 1.82) is 5.26 Å². The number of nitrogens with zero attached hydrogens (tertiary/aromatic N) is 2. The molecule has 1 amide bonds. The van der Waals surface area contributed by atoms with Gasteiger partial charge in [0.1, 0.15) is 0 Å². The molecule has 1 unspecified atom stereocenters. The molecule has 5 heteroatoms. The summed E-state index contributed by atoms with van der Waals surface area (Å²) in [5, 5.41) is 11.6. The fourth-order valence-electron chi connectivity index (χ4n) is 2.55. The Kier molecular flexibility index (Phi) is 5.10. The summed E-state index contributed by atoms with van der Waals surface area (Å²) in [5.74, 6) is -0.00243. The SMILES string of the molecule is N#Cc1ccc(NC(=O)CCN2CCCC2CN)cc1. The normalized spacial score (nSPS) is 18.7. The first kappa shape index (κ1) is 14.5. The molecule has 20 heavy (non-hydrogen) atoms.